The molecule has 1 aliphatic rings. The van der Waals surface area contributed by atoms with Gasteiger partial charge in [0.2, 0.25) is 17.8 Å². The number of carbonyl (C=O) groups is 2. The number of nitrogens with zero attached hydrogens (tertiary/aromatic N) is 4. The Balaban J connectivity index is 1.49. The van der Waals surface area contributed by atoms with Crippen molar-refractivity contribution >= 4 is 46.3 Å². The van der Waals surface area contributed by atoms with E-state index in [0.717, 1.165) is 48.7 Å². The summed E-state index contributed by atoms with van der Waals surface area (Å²) in [6.07, 6.45) is 3.88. The van der Waals surface area contributed by atoms with Crippen LogP contribution >= 0.6 is 0 Å². The van der Waals surface area contributed by atoms with Crippen LogP contribution in [-0.4, -0.2) is 60.0 Å². The van der Waals surface area contributed by atoms with Crippen molar-refractivity contribution in [1.29, 1.82) is 0 Å². The number of methoxy groups -OCH3 is 1. The fourth-order valence-corrected chi connectivity index (χ4v) is 4.22. The van der Waals surface area contributed by atoms with Gasteiger partial charge in [-0.3, -0.25) is 9.59 Å². The lowest BCUT2D eigenvalue weighted by Gasteiger charge is -2.24. The van der Waals surface area contributed by atoms with Gasteiger partial charge in [-0.2, -0.15) is 4.98 Å². The van der Waals surface area contributed by atoms with Gasteiger partial charge in [0.15, 0.2) is 0 Å². The number of amides is 2. The largest absolute Gasteiger partial charge is 0.494 e. The Morgan fingerprint density at radius 3 is 2.63 bits per heavy atom. The fraction of sp³-hybridized carbons (Fsp3) is 0.286. The summed E-state index contributed by atoms with van der Waals surface area (Å²) >= 11 is 0. The van der Waals surface area contributed by atoms with Crippen molar-refractivity contribution in [2.45, 2.75) is 20.3 Å². The molecule has 1 aromatic heterocycles. The fourth-order valence-electron chi connectivity index (χ4n) is 4.22. The van der Waals surface area contributed by atoms with Crippen LogP contribution in [0.2, 0.25) is 0 Å². The number of rotatable bonds is 8. The number of hydrogen-bond acceptors (Lipinski definition) is 8. The zero-order valence-electron chi connectivity index (χ0n) is 22.0. The molecule has 10 nitrogen and oxygen atoms in total. The normalized spacial score (nSPS) is 13.3. The zero-order valence-corrected chi connectivity index (χ0v) is 22.0. The van der Waals surface area contributed by atoms with Crippen LogP contribution in [0.15, 0.2) is 61.3 Å². The Morgan fingerprint density at radius 2 is 1.87 bits per heavy atom. The van der Waals surface area contributed by atoms with Gasteiger partial charge in [-0.15, -0.1) is 0 Å². The van der Waals surface area contributed by atoms with E-state index in [0.29, 0.717) is 29.7 Å². The van der Waals surface area contributed by atoms with E-state index in [1.807, 2.05) is 48.2 Å². The lowest BCUT2D eigenvalue weighted by molar-refractivity contribution is -0.128. The van der Waals surface area contributed by atoms with Crippen LogP contribution in [0.1, 0.15) is 18.9 Å². The molecule has 1 fully saturated rings. The maximum Gasteiger partial charge on any atom is 0.247 e. The smallest absolute Gasteiger partial charge is 0.247 e. The zero-order chi connectivity index (χ0) is 27.1. The first kappa shape index (κ1) is 26.5. The summed E-state index contributed by atoms with van der Waals surface area (Å²) < 4.78 is 5.68. The summed E-state index contributed by atoms with van der Waals surface area (Å²) in [6.45, 7) is 10.1. The molecule has 0 bridgehead atoms. The number of nitrogens with one attached hydrogen (secondary N) is 3. The molecule has 0 unspecified atom stereocenters. The molecular formula is C28H33N7O3. The second-order valence-corrected chi connectivity index (χ2v) is 8.98. The Morgan fingerprint density at radius 1 is 1.05 bits per heavy atom. The summed E-state index contributed by atoms with van der Waals surface area (Å²) in [4.78, 5) is 36.7. The van der Waals surface area contributed by atoms with Gasteiger partial charge >= 0.3 is 0 Å². The van der Waals surface area contributed by atoms with E-state index in [1.165, 1.54) is 6.08 Å². The third kappa shape index (κ3) is 6.58. The molecule has 4 rings (SSSR count). The van der Waals surface area contributed by atoms with Gasteiger partial charge in [0, 0.05) is 68.0 Å². The molecule has 3 aromatic rings. The summed E-state index contributed by atoms with van der Waals surface area (Å²) in [5.41, 5.74) is 4.04. The number of anilines is 6. The molecule has 0 aliphatic carbocycles. The molecule has 1 saturated heterocycles. The number of ether oxygens (including phenoxy) is 1. The van der Waals surface area contributed by atoms with Crippen molar-refractivity contribution in [1.82, 2.24) is 14.9 Å². The summed E-state index contributed by atoms with van der Waals surface area (Å²) in [5.74, 6) is 1.54. The second-order valence-electron chi connectivity index (χ2n) is 8.98. The molecule has 3 N–H and O–H groups in total. The van der Waals surface area contributed by atoms with Crippen molar-refractivity contribution in [3.63, 3.8) is 0 Å². The van der Waals surface area contributed by atoms with E-state index >= 15 is 0 Å². The highest BCUT2D eigenvalue weighted by Crippen LogP contribution is 2.32. The summed E-state index contributed by atoms with van der Waals surface area (Å²) in [6, 6.07) is 13.3. The van der Waals surface area contributed by atoms with Crippen molar-refractivity contribution in [3.8, 4) is 5.75 Å². The minimum absolute atomic E-state index is 0.114. The molecular weight excluding hydrogens is 482 g/mol. The van der Waals surface area contributed by atoms with E-state index in [-0.39, 0.29) is 11.8 Å². The number of aryl methyl sites for hydroxylation is 1. The number of aromatic nitrogens is 2. The van der Waals surface area contributed by atoms with E-state index in [1.54, 1.807) is 26.3 Å². The second kappa shape index (κ2) is 12.1. The van der Waals surface area contributed by atoms with Crippen LogP contribution < -0.4 is 25.6 Å². The molecule has 0 atom stereocenters. The molecule has 2 heterocycles. The number of carbonyl (C=O) groups excluding carboxylic acids is 2. The van der Waals surface area contributed by atoms with Crippen LogP contribution in [-0.2, 0) is 9.59 Å². The monoisotopic (exact) mass is 515 g/mol. The quantitative estimate of drug-likeness (QED) is 0.377. The first-order valence-electron chi connectivity index (χ1n) is 12.5. The molecule has 0 saturated carbocycles. The number of benzene rings is 2. The van der Waals surface area contributed by atoms with Crippen LogP contribution in [0, 0.1) is 6.92 Å². The molecule has 38 heavy (non-hydrogen) atoms. The van der Waals surface area contributed by atoms with Crippen molar-refractivity contribution in [2.24, 2.45) is 0 Å². The molecule has 2 aromatic carbocycles. The SMILES string of the molecule is C=CC(=O)Nc1cccc(Nc2nc(Nc3ccc(N4CCCN(C(C)=O)CC4)cc3OC)ncc2C)c1. The van der Waals surface area contributed by atoms with E-state index in [4.69, 9.17) is 4.74 Å². The van der Waals surface area contributed by atoms with Gasteiger partial charge in [-0.1, -0.05) is 12.6 Å². The standard InChI is InChI=1S/C28H33N7O3/c1-5-26(37)30-21-8-6-9-22(16-21)31-27-19(2)18-29-28(33-27)32-24-11-10-23(17-25(24)38-4)35-13-7-12-34(14-15-35)20(3)36/h5-6,8-11,16-18H,1,7,12-15H2,2-4H3,(H,30,37)(H2,29,31,32,33). The molecule has 10 heteroatoms. The Kier molecular flexibility index (Phi) is 8.42. The number of hydrogen-bond donors (Lipinski definition) is 3. The van der Waals surface area contributed by atoms with Crippen LogP contribution in [0.25, 0.3) is 0 Å². The minimum Gasteiger partial charge on any atom is -0.494 e. The predicted octanol–water partition coefficient (Wildman–Crippen LogP) is 4.46. The third-order valence-corrected chi connectivity index (χ3v) is 6.29. The maximum atomic E-state index is 11.8. The van der Waals surface area contributed by atoms with Gasteiger partial charge in [0.05, 0.1) is 12.8 Å². The molecule has 0 spiro atoms. The van der Waals surface area contributed by atoms with Crippen molar-refractivity contribution < 1.29 is 14.3 Å². The van der Waals surface area contributed by atoms with Crippen molar-refractivity contribution in [2.75, 3.05) is 54.1 Å². The van der Waals surface area contributed by atoms with Gasteiger partial charge in [-0.05, 0) is 49.8 Å². The highest BCUT2D eigenvalue weighted by Gasteiger charge is 2.18. The van der Waals surface area contributed by atoms with Crippen molar-refractivity contribution in [3.05, 3.63) is 66.9 Å². The maximum absolute atomic E-state index is 11.8. The topological polar surface area (TPSA) is 112 Å². The summed E-state index contributed by atoms with van der Waals surface area (Å²) in [5, 5.41) is 9.30. The Labute approximate surface area is 222 Å². The van der Waals surface area contributed by atoms with E-state index in [9.17, 15) is 9.59 Å². The van der Waals surface area contributed by atoms with Gasteiger partial charge in [0.25, 0.3) is 0 Å². The van der Waals surface area contributed by atoms with Gasteiger partial charge in [0.1, 0.15) is 11.6 Å². The average Bonchev–Trinajstić information content (AvgIpc) is 3.18. The van der Waals surface area contributed by atoms with Gasteiger partial charge < -0.3 is 30.5 Å². The van der Waals surface area contributed by atoms with Gasteiger partial charge in [-0.25, -0.2) is 4.98 Å². The Bertz CT molecular complexity index is 1330. The first-order valence-corrected chi connectivity index (χ1v) is 12.5. The van der Waals surface area contributed by atoms with E-state index < -0.39 is 0 Å². The first-order chi connectivity index (χ1) is 18.4. The van der Waals surface area contributed by atoms with Crippen LogP contribution in [0.4, 0.5) is 34.5 Å². The minimum atomic E-state index is -0.277. The predicted molar refractivity (Wildman–Crippen MR) is 151 cm³/mol. The highest BCUT2D eigenvalue weighted by atomic mass is 16.5. The Hall–Kier alpha value is -4.60. The molecule has 2 amide bonds. The van der Waals surface area contributed by atoms with Crippen LogP contribution in [0.3, 0.4) is 0 Å². The third-order valence-electron chi connectivity index (χ3n) is 6.29. The lowest BCUT2D eigenvalue weighted by Crippen LogP contribution is -2.33. The summed E-state index contributed by atoms with van der Waals surface area (Å²) in [7, 11) is 1.63. The average molecular weight is 516 g/mol. The van der Waals surface area contributed by atoms with E-state index in [2.05, 4.69) is 37.4 Å². The highest BCUT2D eigenvalue weighted by molar-refractivity contribution is 5.99. The molecule has 0 radical (unpaired) electrons. The van der Waals surface area contributed by atoms with Crippen LogP contribution in [0.5, 0.6) is 5.75 Å². The lowest BCUT2D eigenvalue weighted by atomic mass is 10.2. The molecule has 1 aliphatic heterocycles. The molecule has 198 valence electrons.